The molecule has 0 aromatic carbocycles. The zero-order valence-corrected chi connectivity index (χ0v) is 10.5. The molecule has 0 aromatic rings. The molecule has 1 saturated carbocycles. The minimum atomic E-state index is 0.681. The number of hydrogen-bond donors (Lipinski definition) is 1. The van der Waals surface area contributed by atoms with Crippen molar-refractivity contribution >= 4 is 0 Å². The summed E-state index contributed by atoms with van der Waals surface area (Å²) in [6, 6.07) is 2.34. The van der Waals surface area contributed by atoms with Crippen LogP contribution in [0.3, 0.4) is 0 Å². The van der Waals surface area contributed by atoms with Crippen LogP contribution in [-0.4, -0.2) is 36.1 Å². The highest BCUT2D eigenvalue weighted by atomic mass is 15.3. The van der Waals surface area contributed by atoms with Crippen molar-refractivity contribution in [3.8, 4) is 0 Å². The van der Waals surface area contributed by atoms with Gasteiger partial charge in [-0.25, -0.2) is 0 Å². The zero-order chi connectivity index (χ0) is 10.8. The van der Waals surface area contributed by atoms with E-state index in [1.807, 2.05) is 0 Å². The van der Waals surface area contributed by atoms with E-state index in [1.54, 1.807) is 0 Å². The maximum atomic E-state index is 3.64. The van der Waals surface area contributed by atoms with Crippen molar-refractivity contribution in [2.45, 2.75) is 64.6 Å². The Bertz CT molecular complexity index is 197. The molecule has 0 radical (unpaired) electrons. The summed E-state index contributed by atoms with van der Waals surface area (Å²) >= 11 is 0. The molecule has 88 valence electrons. The van der Waals surface area contributed by atoms with Gasteiger partial charge in [-0.3, -0.25) is 4.90 Å². The molecule has 2 heteroatoms. The third-order valence-electron chi connectivity index (χ3n) is 4.16. The Hall–Kier alpha value is -0.0800. The van der Waals surface area contributed by atoms with Gasteiger partial charge in [-0.05, 0) is 38.5 Å². The van der Waals surface area contributed by atoms with Crippen molar-refractivity contribution < 1.29 is 0 Å². The summed E-state index contributed by atoms with van der Waals surface area (Å²) < 4.78 is 0. The Labute approximate surface area is 94.4 Å². The Morgan fingerprint density at radius 2 is 1.93 bits per heavy atom. The molecule has 2 rings (SSSR count). The molecule has 0 amide bonds. The van der Waals surface area contributed by atoms with E-state index in [0.29, 0.717) is 6.04 Å². The van der Waals surface area contributed by atoms with Crippen LogP contribution in [0.25, 0.3) is 0 Å². The number of rotatable bonds is 4. The molecule has 1 heterocycles. The van der Waals surface area contributed by atoms with Crippen molar-refractivity contribution in [1.82, 2.24) is 10.2 Å². The molecular weight excluding hydrogens is 184 g/mol. The standard InChI is InChI=1S/C13H26N2/c1-4-12(5-2)15-9-10(3)14-8-13(15)11-6-7-11/h10-14H,4-9H2,1-3H3. The molecule has 15 heavy (non-hydrogen) atoms. The predicted molar refractivity (Wildman–Crippen MR) is 65.1 cm³/mol. The summed E-state index contributed by atoms with van der Waals surface area (Å²) in [5, 5.41) is 3.64. The maximum Gasteiger partial charge on any atom is 0.0252 e. The Morgan fingerprint density at radius 3 is 2.47 bits per heavy atom. The van der Waals surface area contributed by atoms with Gasteiger partial charge in [0.05, 0.1) is 0 Å². The van der Waals surface area contributed by atoms with Gasteiger partial charge in [-0.2, -0.15) is 0 Å². The summed E-state index contributed by atoms with van der Waals surface area (Å²) in [6.07, 6.45) is 5.56. The van der Waals surface area contributed by atoms with E-state index >= 15 is 0 Å². The molecule has 0 spiro atoms. The van der Waals surface area contributed by atoms with Crippen molar-refractivity contribution in [3.05, 3.63) is 0 Å². The van der Waals surface area contributed by atoms with Crippen molar-refractivity contribution in [3.63, 3.8) is 0 Å². The average molecular weight is 210 g/mol. The van der Waals surface area contributed by atoms with Gasteiger partial charge >= 0.3 is 0 Å². The summed E-state index contributed by atoms with van der Waals surface area (Å²) in [7, 11) is 0. The molecule has 1 aliphatic heterocycles. The third kappa shape index (κ3) is 2.54. The van der Waals surface area contributed by atoms with Crippen molar-refractivity contribution in [2.75, 3.05) is 13.1 Å². The average Bonchev–Trinajstić information content (AvgIpc) is 3.04. The van der Waals surface area contributed by atoms with Crippen LogP contribution in [0.2, 0.25) is 0 Å². The Kier molecular flexibility index (Phi) is 3.68. The van der Waals surface area contributed by atoms with E-state index < -0.39 is 0 Å². The molecule has 0 bridgehead atoms. The van der Waals surface area contributed by atoms with E-state index in [9.17, 15) is 0 Å². The topological polar surface area (TPSA) is 15.3 Å². The van der Waals surface area contributed by atoms with Gasteiger partial charge in [0.15, 0.2) is 0 Å². The summed E-state index contributed by atoms with van der Waals surface area (Å²) in [6.45, 7) is 9.48. The number of nitrogens with zero attached hydrogens (tertiary/aromatic N) is 1. The summed E-state index contributed by atoms with van der Waals surface area (Å²) in [5.74, 6) is 1.01. The Morgan fingerprint density at radius 1 is 1.27 bits per heavy atom. The lowest BCUT2D eigenvalue weighted by Gasteiger charge is -2.44. The molecule has 2 nitrogen and oxygen atoms in total. The lowest BCUT2D eigenvalue weighted by Crippen LogP contribution is -2.59. The molecular formula is C13H26N2. The first-order chi connectivity index (χ1) is 7.26. The molecule has 1 N–H and O–H groups in total. The maximum absolute atomic E-state index is 3.64. The Balaban J connectivity index is 2.01. The van der Waals surface area contributed by atoms with Crippen LogP contribution in [0.4, 0.5) is 0 Å². The predicted octanol–water partition coefficient (Wildman–Crippen LogP) is 2.25. The monoisotopic (exact) mass is 210 g/mol. The number of nitrogens with one attached hydrogen (secondary N) is 1. The molecule has 1 saturated heterocycles. The van der Waals surface area contributed by atoms with E-state index in [-0.39, 0.29) is 0 Å². The highest BCUT2D eigenvalue weighted by Gasteiger charge is 2.39. The fourth-order valence-corrected chi connectivity index (χ4v) is 3.05. The summed E-state index contributed by atoms with van der Waals surface area (Å²) in [5.41, 5.74) is 0. The second-order valence-corrected chi connectivity index (χ2v) is 5.38. The van der Waals surface area contributed by atoms with Crippen LogP contribution in [0, 0.1) is 5.92 Å². The van der Waals surface area contributed by atoms with Gasteiger partial charge in [0.2, 0.25) is 0 Å². The van der Waals surface area contributed by atoms with Crippen LogP contribution in [0.5, 0.6) is 0 Å². The first-order valence-corrected chi connectivity index (χ1v) is 6.75. The minimum Gasteiger partial charge on any atom is -0.311 e. The van der Waals surface area contributed by atoms with Crippen LogP contribution >= 0.6 is 0 Å². The first kappa shape index (κ1) is 11.4. The van der Waals surface area contributed by atoms with Gasteiger partial charge < -0.3 is 5.32 Å². The summed E-state index contributed by atoms with van der Waals surface area (Å²) in [4.78, 5) is 2.80. The molecule has 0 aromatic heterocycles. The van der Waals surface area contributed by atoms with Gasteiger partial charge in [0, 0.05) is 31.2 Å². The second-order valence-electron chi connectivity index (χ2n) is 5.38. The van der Waals surface area contributed by atoms with Gasteiger partial charge in [0.1, 0.15) is 0 Å². The number of hydrogen-bond acceptors (Lipinski definition) is 2. The van der Waals surface area contributed by atoms with Crippen LogP contribution < -0.4 is 5.32 Å². The highest BCUT2D eigenvalue weighted by molar-refractivity contribution is 4.96. The van der Waals surface area contributed by atoms with Crippen LogP contribution in [0.1, 0.15) is 46.5 Å². The van der Waals surface area contributed by atoms with Crippen LogP contribution in [0.15, 0.2) is 0 Å². The van der Waals surface area contributed by atoms with Gasteiger partial charge in [-0.15, -0.1) is 0 Å². The van der Waals surface area contributed by atoms with Crippen LogP contribution in [-0.2, 0) is 0 Å². The smallest absolute Gasteiger partial charge is 0.0252 e. The normalized spacial score (nSPS) is 33.6. The minimum absolute atomic E-state index is 0.681. The van der Waals surface area contributed by atoms with Crippen molar-refractivity contribution in [1.29, 1.82) is 0 Å². The highest BCUT2D eigenvalue weighted by Crippen LogP contribution is 2.37. The molecule has 2 aliphatic rings. The van der Waals surface area contributed by atoms with Gasteiger partial charge in [-0.1, -0.05) is 13.8 Å². The quantitative estimate of drug-likeness (QED) is 0.765. The van der Waals surface area contributed by atoms with Crippen molar-refractivity contribution in [2.24, 2.45) is 5.92 Å². The SMILES string of the molecule is CCC(CC)N1CC(C)NCC1C1CC1. The molecule has 1 aliphatic carbocycles. The second kappa shape index (κ2) is 4.84. The lowest BCUT2D eigenvalue weighted by atomic mass is 10.00. The van der Waals surface area contributed by atoms with E-state index in [2.05, 4.69) is 31.0 Å². The first-order valence-electron chi connectivity index (χ1n) is 6.75. The van der Waals surface area contributed by atoms with E-state index in [0.717, 1.165) is 18.0 Å². The fraction of sp³-hybridized carbons (Fsp3) is 1.00. The molecule has 2 unspecified atom stereocenters. The fourth-order valence-electron chi connectivity index (χ4n) is 3.05. The third-order valence-corrected chi connectivity index (χ3v) is 4.16. The van der Waals surface area contributed by atoms with Gasteiger partial charge in [0.25, 0.3) is 0 Å². The number of piperazine rings is 1. The van der Waals surface area contributed by atoms with E-state index in [4.69, 9.17) is 0 Å². The zero-order valence-electron chi connectivity index (χ0n) is 10.5. The lowest BCUT2D eigenvalue weighted by molar-refractivity contribution is 0.0683. The molecule has 2 fully saturated rings. The largest absolute Gasteiger partial charge is 0.311 e. The van der Waals surface area contributed by atoms with E-state index in [1.165, 1.54) is 38.8 Å². The molecule has 2 atom stereocenters.